The van der Waals surface area contributed by atoms with Gasteiger partial charge < -0.3 is 19.1 Å². The summed E-state index contributed by atoms with van der Waals surface area (Å²) in [5.74, 6) is -1.69. The van der Waals surface area contributed by atoms with Gasteiger partial charge in [-0.25, -0.2) is 0 Å². The van der Waals surface area contributed by atoms with Crippen LogP contribution >= 0.6 is 15.9 Å². The lowest BCUT2D eigenvalue weighted by Gasteiger charge is -2.35. The highest BCUT2D eigenvalue weighted by atomic mass is 79.9. The Morgan fingerprint density at radius 3 is 2.19 bits per heavy atom. The molecule has 16 heavy (non-hydrogen) atoms. The Morgan fingerprint density at radius 1 is 1.38 bits per heavy atom. The molecule has 0 amide bonds. The number of hydrogen-bond donors (Lipinski definition) is 0. The van der Waals surface area contributed by atoms with Crippen LogP contribution in [-0.2, 0) is 14.3 Å². The van der Waals surface area contributed by atoms with Crippen molar-refractivity contribution in [3.05, 3.63) is 0 Å². The van der Waals surface area contributed by atoms with E-state index in [1.54, 1.807) is 6.92 Å². The van der Waals surface area contributed by atoms with Crippen LogP contribution < -0.4 is 5.11 Å². The Hall–Kier alpha value is -0.620. The largest absolute Gasteiger partial charge is 0.550 e. The van der Waals surface area contributed by atoms with Crippen LogP contribution in [0.1, 0.15) is 19.8 Å². The van der Waals surface area contributed by atoms with E-state index in [2.05, 4.69) is 15.9 Å². The van der Waals surface area contributed by atoms with Crippen molar-refractivity contribution in [1.29, 1.82) is 0 Å². The number of alkyl halides is 1. The summed E-state index contributed by atoms with van der Waals surface area (Å²) in [6.07, 6.45) is -0.161. The molecule has 0 N–H and O–H groups in total. The van der Waals surface area contributed by atoms with E-state index >= 15 is 0 Å². The van der Waals surface area contributed by atoms with Gasteiger partial charge in [0.15, 0.2) is 0 Å². The van der Waals surface area contributed by atoms with Gasteiger partial charge in [-0.2, -0.15) is 0 Å². The highest BCUT2D eigenvalue weighted by Crippen LogP contribution is 2.27. The number of carbonyl (C=O) groups excluding carboxylic acids is 2. The monoisotopic (exact) mass is 295 g/mol. The first-order valence-corrected chi connectivity index (χ1v) is 5.78. The second-order valence-electron chi connectivity index (χ2n) is 4.71. The van der Waals surface area contributed by atoms with E-state index in [1.807, 2.05) is 21.1 Å². The van der Waals surface area contributed by atoms with E-state index in [4.69, 9.17) is 4.74 Å². The zero-order valence-corrected chi connectivity index (χ0v) is 11.7. The number of carbonyl (C=O) groups is 2. The molecule has 0 aromatic rings. The van der Waals surface area contributed by atoms with E-state index in [0.717, 1.165) is 0 Å². The number of rotatable bonds is 6. The number of carboxylic acid groups (broad SMARTS) is 1. The zero-order valence-electron chi connectivity index (χ0n) is 10.1. The van der Waals surface area contributed by atoms with Crippen LogP contribution in [0.2, 0.25) is 0 Å². The predicted octanol–water partition coefficient (Wildman–Crippen LogP) is -0.123. The number of likely N-dealkylation sites (N-methyl/N-ethyl adjacent to an activating group) is 1. The average Bonchev–Trinajstić information content (AvgIpc) is 1.97. The normalized spacial score (nSPS) is 15.3. The third kappa shape index (κ3) is 6.79. The van der Waals surface area contributed by atoms with Gasteiger partial charge >= 0.3 is 5.97 Å². The molecule has 0 aromatic carbocycles. The first kappa shape index (κ1) is 15.4. The topological polar surface area (TPSA) is 66.4 Å². The third-order valence-corrected chi connectivity index (χ3v) is 2.40. The maximum Gasteiger partial charge on any atom is 0.307 e. The minimum absolute atomic E-state index is 0.206. The standard InChI is InChI=1S/C10H18BrNO4/c1-5-9(15)16-10(11,6-8(13)14)7-12(2,3)4/h5-7H2,1-4H3. The summed E-state index contributed by atoms with van der Waals surface area (Å²) in [6.45, 7) is 1.99. The second-order valence-corrected chi connectivity index (χ2v) is 6.15. The van der Waals surface area contributed by atoms with Gasteiger partial charge in [0.1, 0.15) is 6.54 Å². The third-order valence-electron chi connectivity index (χ3n) is 1.70. The van der Waals surface area contributed by atoms with E-state index in [9.17, 15) is 14.7 Å². The van der Waals surface area contributed by atoms with E-state index < -0.39 is 16.4 Å². The molecule has 6 heteroatoms. The lowest BCUT2D eigenvalue weighted by Crippen LogP contribution is -2.50. The lowest BCUT2D eigenvalue weighted by molar-refractivity contribution is -0.874. The molecule has 0 rings (SSSR count). The fourth-order valence-corrected chi connectivity index (χ4v) is 2.49. The van der Waals surface area contributed by atoms with Crippen LogP contribution in [0.15, 0.2) is 0 Å². The smallest absolute Gasteiger partial charge is 0.307 e. The van der Waals surface area contributed by atoms with Gasteiger partial charge in [-0.05, 0) is 15.9 Å². The van der Waals surface area contributed by atoms with Gasteiger partial charge in [0.2, 0.25) is 4.51 Å². The number of quaternary nitrogens is 1. The molecule has 0 fully saturated rings. The van der Waals surface area contributed by atoms with Gasteiger partial charge in [0, 0.05) is 18.8 Å². The van der Waals surface area contributed by atoms with E-state index in [1.165, 1.54) is 0 Å². The first-order valence-electron chi connectivity index (χ1n) is 4.99. The number of carboxylic acids is 1. The molecule has 0 spiro atoms. The van der Waals surface area contributed by atoms with Crippen molar-refractivity contribution in [2.24, 2.45) is 0 Å². The average molecular weight is 296 g/mol. The van der Waals surface area contributed by atoms with Crippen LogP contribution in [0.5, 0.6) is 0 Å². The van der Waals surface area contributed by atoms with Crippen molar-refractivity contribution in [1.82, 2.24) is 0 Å². The quantitative estimate of drug-likeness (QED) is 0.389. The first-order chi connectivity index (χ1) is 7.08. The summed E-state index contributed by atoms with van der Waals surface area (Å²) in [6, 6.07) is 0. The van der Waals surface area contributed by atoms with Crippen LogP contribution in [0, 0.1) is 0 Å². The summed E-state index contributed by atoms with van der Waals surface area (Å²) in [5, 5.41) is 10.6. The molecule has 94 valence electrons. The molecular weight excluding hydrogens is 278 g/mol. The molecule has 1 unspecified atom stereocenters. The van der Waals surface area contributed by atoms with Crippen LogP contribution in [-0.4, -0.2) is 48.6 Å². The Bertz CT molecular complexity index is 274. The number of nitrogens with zero attached hydrogens (tertiary/aromatic N) is 1. The minimum atomic E-state index is -1.26. The molecule has 0 bridgehead atoms. The Balaban J connectivity index is 4.74. The summed E-state index contributed by atoms with van der Waals surface area (Å²) >= 11 is 3.18. The maximum absolute atomic E-state index is 11.2. The number of halogens is 1. The highest BCUT2D eigenvalue weighted by Gasteiger charge is 2.37. The van der Waals surface area contributed by atoms with Gasteiger partial charge in [-0.3, -0.25) is 4.79 Å². The summed E-state index contributed by atoms with van der Waals surface area (Å²) in [5.41, 5.74) is 0. The van der Waals surface area contributed by atoms with Crippen LogP contribution in [0.3, 0.4) is 0 Å². The Labute approximate surface area is 104 Å². The van der Waals surface area contributed by atoms with E-state index in [0.29, 0.717) is 11.0 Å². The molecule has 0 aliphatic heterocycles. The van der Waals surface area contributed by atoms with E-state index in [-0.39, 0.29) is 12.8 Å². The van der Waals surface area contributed by atoms with Crippen LogP contribution in [0.25, 0.3) is 0 Å². The highest BCUT2D eigenvalue weighted by molar-refractivity contribution is 9.10. The number of ether oxygens (including phenoxy) is 1. The number of hydrogen-bond acceptors (Lipinski definition) is 4. The fourth-order valence-electron chi connectivity index (χ4n) is 1.32. The molecule has 1 atom stereocenters. The Kier molecular flexibility index (Phi) is 5.41. The molecule has 0 aliphatic rings. The molecule has 0 aliphatic carbocycles. The van der Waals surface area contributed by atoms with Crippen molar-refractivity contribution in [2.75, 3.05) is 27.7 Å². The fraction of sp³-hybridized carbons (Fsp3) is 0.800. The SMILES string of the molecule is CCC(=O)OC(Br)(CC(=O)[O-])C[N+](C)(C)C. The molecule has 0 saturated carbocycles. The molecule has 0 saturated heterocycles. The predicted molar refractivity (Wildman–Crippen MR) is 60.6 cm³/mol. The van der Waals surface area contributed by atoms with Gasteiger partial charge in [0.25, 0.3) is 0 Å². The van der Waals surface area contributed by atoms with Gasteiger partial charge in [0.05, 0.1) is 21.1 Å². The number of esters is 1. The Morgan fingerprint density at radius 2 is 1.88 bits per heavy atom. The lowest BCUT2D eigenvalue weighted by atomic mass is 10.2. The summed E-state index contributed by atoms with van der Waals surface area (Å²) < 4.78 is 4.39. The van der Waals surface area contributed by atoms with Crippen molar-refractivity contribution in [2.45, 2.75) is 24.3 Å². The van der Waals surface area contributed by atoms with Crippen molar-refractivity contribution in [3.63, 3.8) is 0 Å². The number of aliphatic carboxylic acids is 1. The summed E-state index contributed by atoms with van der Waals surface area (Å²) in [7, 11) is 5.64. The van der Waals surface area contributed by atoms with Gasteiger partial charge in [-0.15, -0.1) is 0 Å². The van der Waals surface area contributed by atoms with Crippen molar-refractivity contribution in [3.8, 4) is 0 Å². The zero-order chi connectivity index (χ0) is 13.0. The second kappa shape index (κ2) is 5.63. The minimum Gasteiger partial charge on any atom is -0.550 e. The van der Waals surface area contributed by atoms with Crippen molar-refractivity contribution >= 4 is 27.9 Å². The molecule has 0 aromatic heterocycles. The molecule has 0 heterocycles. The van der Waals surface area contributed by atoms with Crippen molar-refractivity contribution < 1.29 is 23.9 Å². The molecular formula is C10H18BrNO4. The van der Waals surface area contributed by atoms with Crippen LogP contribution in [0.4, 0.5) is 0 Å². The molecule has 0 radical (unpaired) electrons. The summed E-state index contributed by atoms with van der Waals surface area (Å²) in [4.78, 5) is 21.9. The maximum atomic E-state index is 11.2. The molecule has 5 nitrogen and oxygen atoms in total. The van der Waals surface area contributed by atoms with Gasteiger partial charge in [-0.1, -0.05) is 6.92 Å².